The van der Waals surface area contributed by atoms with Gasteiger partial charge in [0, 0.05) is 12.4 Å². The molecule has 0 bridgehead atoms. The number of aromatic nitrogens is 1. The molecule has 100 valence electrons. The third-order valence-corrected chi connectivity index (χ3v) is 3.53. The van der Waals surface area contributed by atoms with Crippen LogP contribution in [0.25, 0.3) is 0 Å². The molecule has 2 aromatic rings. The molecule has 0 saturated carbocycles. The molecule has 1 heterocycles. The SMILES string of the molecule is CCCc1ccc(C(N)c2ccncc2CC)cc1. The molecule has 1 atom stereocenters. The summed E-state index contributed by atoms with van der Waals surface area (Å²) < 4.78 is 0. The van der Waals surface area contributed by atoms with Crippen LogP contribution in [0.2, 0.25) is 0 Å². The number of rotatable bonds is 5. The van der Waals surface area contributed by atoms with E-state index in [4.69, 9.17) is 5.73 Å². The van der Waals surface area contributed by atoms with E-state index in [1.807, 2.05) is 18.5 Å². The van der Waals surface area contributed by atoms with Crippen LogP contribution < -0.4 is 5.73 Å². The maximum Gasteiger partial charge on any atom is 0.0555 e. The first-order valence-corrected chi connectivity index (χ1v) is 7.03. The molecule has 0 aliphatic heterocycles. The van der Waals surface area contributed by atoms with Crippen LogP contribution >= 0.6 is 0 Å². The van der Waals surface area contributed by atoms with Crippen molar-refractivity contribution in [2.75, 3.05) is 0 Å². The number of nitrogens with two attached hydrogens (primary N) is 1. The molecule has 0 aliphatic rings. The lowest BCUT2D eigenvalue weighted by Crippen LogP contribution is -2.14. The number of hydrogen-bond acceptors (Lipinski definition) is 2. The number of pyridine rings is 1. The second kappa shape index (κ2) is 6.48. The van der Waals surface area contributed by atoms with Gasteiger partial charge in [-0.25, -0.2) is 0 Å². The van der Waals surface area contributed by atoms with Crippen LogP contribution in [-0.2, 0) is 12.8 Å². The quantitative estimate of drug-likeness (QED) is 0.884. The number of aryl methyl sites for hydroxylation is 2. The Bertz CT molecular complexity index is 517. The van der Waals surface area contributed by atoms with E-state index in [-0.39, 0.29) is 6.04 Å². The Hall–Kier alpha value is -1.67. The zero-order valence-electron chi connectivity index (χ0n) is 11.8. The lowest BCUT2D eigenvalue weighted by Gasteiger charge is -2.16. The van der Waals surface area contributed by atoms with Gasteiger partial charge in [0.15, 0.2) is 0 Å². The molecule has 0 radical (unpaired) electrons. The van der Waals surface area contributed by atoms with Crippen molar-refractivity contribution in [1.82, 2.24) is 4.98 Å². The molecule has 0 aliphatic carbocycles. The minimum atomic E-state index is -0.0615. The monoisotopic (exact) mass is 254 g/mol. The van der Waals surface area contributed by atoms with E-state index in [0.717, 1.165) is 12.8 Å². The van der Waals surface area contributed by atoms with Crippen molar-refractivity contribution in [1.29, 1.82) is 0 Å². The molecule has 0 saturated heterocycles. The van der Waals surface area contributed by atoms with Crippen LogP contribution in [0.5, 0.6) is 0 Å². The van der Waals surface area contributed by atoms with Crippen LogP contribution in [0.1, 0.15) is 48.6 Å². The van der Waals surface area contributed by atoms with E-state index < -0.39 is 0 Å². The summed E-state index contributed by atoms with van der Waals surface area (Å²) in [6, 6.07) is 10.6. The van der Waals surface area contributed by atoms with Crippen molar-refractivity contribution in [3.63, 3.8) is 0 Å². The molecule has 1 aromatic carbocycles. The van der Waals surface area contributed by atoms with Gasteiger partial charge in [-0.15, -0.1) is 0 Å². The molecule has 0 amide bonds. The normalized spacial score (nSPS) is 12.4. The van der Waals surface area contributed by atoms with Gasteiger partial charge in [-0.1, -0.05) is 44.5 Å². The Morgan fingerprint density at radius 1 is 1.11 bits per heavy atom. The molecule has 2 N–H and O–H groups in total. The molecule has 0 spiro atoms. The Morgan fingerprint density at radius 2 is 1.84 bits per heavy atom. The molecule has 1 unspecified atom stereocenters. The zero-order valence-corrected chi connectivity index (χ0v) is 11.8. The fraction of sp³-hybridized carbons (Fsp3) is 0.353. The average molecular weight is 254 g/mol. The Labute approximate surface area is 115 Å². The first kappa shape index (κ1) is 13.8. The summed E-state index contributed by atoms with van der Waals surface area (Å²) in [5, 5.41) is 0. The van der Waals surface area contributed by atoms with Gasteiger partial charge in [0.05, 0.1) is 6.04 Å². The molecule has 2 nitrogen and oxygen atoms in total. The summed E-state index contributed by atoms with van der Waals surface area (Å²) in [6.07, 6.45) is 7.01. The largest absolute Gasteiger partial charge is 0.320 e. The lowest BCUT2D eigenvalue weighted by atomic mass is 9.94. The second-order valence-electron chi connectivity index (χ2n) is 4.90. The van der Waals surface area contributed by atoms with E-state index in [9.17, 15) is 0 Å². The first-order valence-electron chi connectivity index (χ1n) is 7.03. The summed E-state index contributed by atoms with van der Waals surface area (Å²) >= 11 is 0. The van der Waals surface area contributed by atoms with E-state index >= 15 is 0 Å². The molecule has 19 heavy (non-hydrogen) atoms. The third-order valence-electron chi connectivity index (χ3n) is 3.53. The topological polar surface area (TPSA) is 38.9 Å². The van der Waals surface area contributed by atoms with Gasteiger partial charge < -0.3 is 5.73 Å². The van der Waals surface area contributed by atoms with Gasteiger partial charge in [0.25, 0.3) is 0 Å². The van der Waals surface area contributed by atoms with Gasteiger partial charge in [-0.3, -0.25) is 4.98 Å². The van der Waals surface area contributed by atoms with Gasteiger partial charge in [-0.05, 0) is 41.2 Å². The summed E-state index contributed by atoms with van der Waals surface area (Å²) in [6.45, 7) is 4.34. The molecule has 2 heteroatoms. The van der Waals surface area contributed by atoms with Crippen LogP contribution in [0, 0.1) is 0 Å². The summed E-state index contributed by atoms with van der Waals surface area (Å²) in [7, 11) is 0. The van der Waals surface area contributed by atoms with Crippen molar-refractivity contribution >= 4 is 0 Å². The highest BCUT2D eigenvalue weighted by Gasteiger charge is 2.12. The maximum absolute atomic E-state index is 6.39. The minimum Gasteiger partial charge on any atom is -0.320 e. The minimum absolute atomic E-state index is 0.0615. The predicted molar refractivity (Wildman–Crippen MR) is 80.1 cm³/mol. The van der Waals surface area contributed by atoms with E-state index in [1.165, 1.54) is 28.7 Å². The van der Waals surface area contributed by atoms with Crippen molar-refractivity contribution < 1.29 is 0 Å². The van der Waals surface area contributed by atoms with Crippen LogP contribution in [0.4, 0.5) is 0 Å². The van der Waals surface area contributed by atoms with Gasteiger partial charge >= 0.3 is 0 Å². The standard InChI is InChI=1S/C17H22N2/c1-3-5-13-6-8-15(9-7-13)17(18)16-10-11-19-12-14(16)4-2/h6-12,17H,3-5,18H2,1-2H3. The number of hydrogen-bond donors (Lipinski definition) is 1. The van der Waals surface area contributed by atoms with E-state index in [0.29, 0.717) is 0 Å². The average Bonchev–Trinajstić information content (AvgIpc) is 2.47. The lowest BCUT2D eigenvalue weighted by molar-refractivity contribution is 0.840. The van der Waals surface area contributed by atoms with Gasteiger partial charge in [0.2, 0.25) is 0 Å². The van der Waals surface area contributed by atoms with Gasteiger partial charge in [-0.2, -0.15) is 0 Å². The highest BCUT2D eigenvalue weighted by atomic mass is 14.7. The summed E-state index contributed by atoms with van der Waals surface area (Å²) in [4.78, 5) is 4.18. The highest BCUT2D eigenvalue weighted by Crippen LogP contribution is 2.23. The van der Waals surface area contributed by atoms with Crippen LogP contribution in [0.3, 0.4) is 0 Å². The molecule has 2 rings (SSSR count). The molecule has 1 aromatic heterocycles. The highest BCUT2D eigenvalue weighted by molar-refractivity contribution is 5.36. The predicted octanol–water partition coefficient (Wildman–Crippen LogP) is 3.64. The zero-order chi connectivity index (χ0) is 13.7. The number of nitrogens with zero attached hydrogens (tertiary/aromatic N) is 1. The Balaban J connectivity index is 2.25. The summed E-state index contributed by atoms with van der Waals surface area (Å²) in [5.74, 6) is 0. The molecular formula is C17H22N2. The second-order valence-corrected chi connectivity index (χ2v) is 4.90. The van der Waals surface area contributed by atoms with E-state index in [1.54, 1.807) is 0 Å². The van der Waals surface area contributed by atoms with Crippen LogP contribution in [0.15, 0.2) is 42.7 Å². The van der Waals surface area contributed by atoms with Crippen molar-refractivity contribution in [2.24, 2.45) is 5.73 Å². The first-order chi connectivity index (χ1) is 9.26. The fourth-order valence-electron chi connectivity index (χ4n) is 2.40. The maximum atomic E-state index is 6.39. The van der Waals surface area contributed by atoms with Crippen molar-refractivity contribution in [3.8, 4) is 0 Å². The van der Waals surface area contributed by atoms with Crippen LogP contribution in [-0.4, -0.2) is 4.98 Å². The van der Waals surface area contributed by atoms with Gasteiger partial charge in [0.1, 0.15) is 0 Å². The molecular weight excluding hydrogens is 232 g/mol. The van der Waals surface area contributed by atoms with Crippen molar-refractivity contribution in [3.05, 3.63) is 65.0 Å². The Morgan fingerprint density at radius 3 is 2.47 bits per heavy atom. The summed E-state index contributed by atoms with van der Waals surface area (Å²) in [5.41, 5.74) is 11.3. The number of benzene rings is 1. The fourth-order valence-corrected chi connectivity index (χ4v) is 2.40. The smallest absolute Gasteiger partial charge is 0.0555 e. The molecule has 0 fully saturated rings. The Kier molecular flexibility index (Phi) is 4.69. The van der Waals surface area contributed by atoms with E-state index in [2.05, 4.69) is 43.1 Å². The third kappa shape index (κ3) is 3.21. The van der Waals surface area contributed by atoms with Crippen molar-refractivity contribution in [2.45, 2.75) is 39.2 Å².